The molecule has 0 spiro atoms. The summed E-state index contributed by atoms with van der Waals surface area (Å²) in [6.45, 7) is 4.48. The van der Waals surface area contributed by atoms with Gasteiger partial charge in [-0.15, -0.1) is 15.3 Å². The molecule has 1 amide bonds. The summed E-state index contributed by atoms with van der Waals surface area (Å²) in [7, 11) is 0. The lowest BCUT2D eigenvalue weighted by Crippen LogP contribution is -2.25. The number of alkyl halides is 3. The predicted octanol–water partition coefficient (Wildman–Crippen LogP) is 2.33. The van der Waals surface area contributed by atoms with Gasteiger partial charge in [-0.05, 0) is 38.7 Å². The third-order valence-corrected chi connectivity index (χ3v) is 5.53. The first-order valence-corrected chi connectivity index (χ1v) is 10.2. The van der Waals surface area contributed by atoms with Gasteiger partial charge in [0.2, 0.25) is 5.91 Å². The Kier molecular flexibility index (Phi) is 5.63. The Morgan fingerprint density at radius 1 is 1.13 bits per heavy atom. The van der Waals surface area contributed by atoms with Crippen molar-refractivity contribution < 1.29 is 18.0 Å². The molecule has 31 heavy (non-hydrogen) atoms. The Hall–Kier alpha value is -3.05. The summed E-state index contributed by atoms with van der Waals surface area (Å²) in [4.78, 5) is 20.0. The quantitative estimate of drug-likeness (QED) is 0.659. The number of carbonyl (C=O) groups is 1. The van der Waals surface area contributed by atoms with Crippen LogP contribution in [0, 0.1) is 13.8 Å². The van der Waals surface area contributed by atoms with E-state index in [1.807, 2.05) is 0 Å². The zero-order valence-electron chi connectivity index (χ0n) is 17.3. The van der Waals surface area contributed by atoms with Crippen molar-refractivity contribution in [3.63, 3.8) is 0 Å². The number of hydrogen-bond donors (Lipinski definition) is 1. The second-order valence-electron chi connectivity index (χ2n) is 7.68. The normalized spacial score (nSPS) is 14.5. The van der Waals surface area contributed by atoms with E-state index in [4.69, 9.17) is 0 Å². The summed E-state index contributed by atoms with van der Waals surface area (Å²) < 4.78 is 41.9. The predicted molar refractivity (Wildman–Crippen MR) is 103 cm³/mol. The molecule has 3 aromatic rings. The van der Waals surface area contributed by atoms with Gasteiger partial charge in [-0.25, -0.2) is 9.50 Å². The average Bonchev–Trinajstić information content (AvgIpc) is 3.23. The van der Waals surface area contributed by atoms with Crippen molar-refractivity contribution in [1.29, 1.82) is 0 Å². The van der Waals surface area contributed by atoms with Crippen LogP contribution in [0.25, 0.3) is 5.78 Å². The van der Waals surface area contributed by atoms with Gasteiger partial charge in [-0.1, -0.05) is 6.42 Å². The van der Waals surface area contributed by atoms with Crippen LogP contribution in [0.4, 0.5) is 13.2 Å². The average molecular weight is 436 g/mol. The minimum atomic E-state index is -4.64. The van der Waals surface area contributed by atoms with Gasteiger partial charge in [0.15, 0.2) is 5.82 Å². The largest absolute Gasteiger partial charge is 0.453 e. The molecule has 0 atom stereocenters. The number of fused-ring (bicyclic) bond motifs is 2. The molecule has 4 heterocycles. The first kappa shape index (κ1) is 21.2. The van der Waals surface area contributed by atoms with Crippen LogP contribution in [0.15, 0.2) is 0 Å². The molecule has 3 aromatic heterocycles. The van der Waals surface area contributed by atoms with Gasteiger partial charge in [-0.3, -0.25) is 4.79 Å². The van der Waals surface area contributed by atoms with Gasteiger partial charge in [0, 0.05) is 30.8 Å². The molecule has 166 valence electrons. The maximum absolute atomic E-state index is 12.9. The number of aryl methyl sites for hydroxylation is 3. The zero-order valence-corrected chi connectivity index (χ0v) is 17.3. The van der Waals surface area contributed by atoms with Crippen LogP contribution in [0.2, 0.25) is 0 Å². The van der Waals surface area contributed by atoms with E-state index in [0.717, 1.165) is 48.4 Å². The smallest absolute Gasteiger partial charge is 0.349 e. The number of carbonyl (C=O) groups excluding carboxylic acids is 1. The van der Waals surface area contributed by atoms with Crippen LogP contribution in [0.3, 0.4) is 0 Å². The molecule has 0 saturated carbocycles. The van der Waals surface area contributed by atoms with E-state index in [0.29, 0.717) is 29.9 Å². The number of halogens is 3. The highest BCUT2D eigenvalue weighted by molar-refractivity contribution is 5.76. The lowest BCUT2D eigenvalue weighted by atomic mass is 10.1. The summed E-state index contributed by atoms with van der Waals surface area (Å²) >= 11 is 0. The number of rotatable bonds is 5. The van der Waals surface area contributed by atoms with E-state index in [9.17, 15) is 18.0 Å². The SMILES string of the molecule is Cc1nc2nc(C(F)(F)F)nn2c(C)c1CCC(=O)NCc1nnc2n1CCCCC2. The molecule has 1 aliphatic rings. The Balaban J connectivity index is 1.42. The van der Waals surface area contributed by atoms with Crippen molar-refractivity contribution in [3.8, 4) is 0 Å². The van der Waals surface area contributed by atoms with E-state index in [1.54, 1.807) is 13.8 Å². The first-order chi connectivity index (χ1) is 14.7. The van der Waals surface area contributed by atoms with Crippen molar-refractivity contribution in [1.82, 2.24) is 39.7 Å². The van der Waals surface area contributed by atoms with E-state index in [2.05, 4.69) is 35.1 Å². The maximum atomic E-state index is 12.9. The first-order valence-electron chi connectivity index (χ1n) is 10.2. The van der Waals surface area contributed by atoms with Crippen molar-refractivity contribution >= 4 is 11.7 Å². The summed E-state index contributed by atoms with van der Waals surface area (Å²) in [5.41, 5.74) is 1.69. The molecular formula is C19H23F3N8O. The Labute approximate surface area is 176 Å². The number of amides is 1. The van der Waals surface area contributed by atoms with E-state index >= 15 is 0 Å². The lowest BCUT2D eigenvalue weighted by molar-refractivity contribution is -0.144. The van der Waals surface area contributed by atoms with Crippen molar-refractivity contribution in [3.05, 3.63) is 34.4 Å². The highest BCUT2D eigenvalue weighted by Crippen LogP contribution is 2.27. The van der Waals surface area contributed by atoms with Crippen molar-refractivity contribution in [2.24, 2.45) is 0 Å². The third-order valence-electron chi connectivity index (χ3n) is 5.53. The molecule has 9 nitrogen and oxygen atoms in total. The monoisotopic (exact) mass is 436 g/mol. The fourth-order valence-electron chi connectivity index (χ4n) is 3.87. The Morgan fingerprint density at radius 3 is 2.71 bits per heavy atom. The number of nitrogens with one attached hydrogen (secondary N) is 1. The summed E-state index contributed by atoms with van der Waals surface area (Å²) in [5.74, 6) is 0.175. The van der Waals surface area contributed by atoms with Crippen molar-refractivity contribution in [2.75, 3.05) is 0 Å². The van der Waals surface area contributed by atoms with Gasteiger partial charge in [0.25, 0.3) is 11.6 Å². The molecule has 0 aliphatic carbocycles. The highest BCUT2D eigenvalue weighted by atomic mass is 19.4. The van der Waals surface area contributed by atoms with Crippen LogP contribution < -0.4 is 5.32 Å². The summed E-state index contributed by atoms with van der Waals surface area (Å²) in [6, 6.07) is 0. The second-order valence-corrected chi connectivity index (χ2v) is 7.68. The molecule has 1 N–H and O–H groups in total. The van der Waals surface area contributed by atoms with Crippen molar-refractivity contribution in [2.45, 2.75) is 71.6 Å². The molecule has 4 rings (SSSR count). The standard InChI is InChI=1S/C19H23F3N8O/c1-11-13(12(2)30-18(24-11)25-17(28-30)19(20,21)22)7-8-16(31)23-10-15-27-26-14-6-4-3-5-9-29(14)15/h3-10H2,1-2H3,(H,23,31). The Bertz CT molecular complexity index is 1120. The van der Waals surface area contributed by atoms with Crippen LogP contribution >= 0.6 is 0 Å². The number of hydrogen-bond acceptors (Lipinski definition) is 6. The van der Waals surface area contributed by atoms with Gasteiger partial charge in [0.1, 0.15) is 5.82 Å². The molecule has 0 radical (unpaired) electrons. The minimum Gasteiger partial charge on any atom is -0.349 e. The summed E-state index contributed by atoms with van der Waals surface area (Å²) in [5, 5.41) is 14.8. The molecule has 1 aliphatic heterocycles. The lowest BCUT2D eigenvalue weighted by Gasteiger charge is -2.11. The maximum Gasteiger partial charge on any atom is 0.453 e. The third kappa shape index (κ3) is 4.37. The van der Waals surface area contributed by atoms with Crippen LogP contribution in [0.5, 0.6) is 0 Å². The second kappa shape index (κ2) is 8.23. The van der Waals surface area contributed by atoms with Crippen LogP contribution in [-0.4, -0.2) is 40.3 Å². The topological polar surface area (TPSA) is 103 Å². The molecule has 12 heteroatoms. The van der Waals surface area contributed by atoms with E-state index in [1.165, 1.54) is 0 Å². The van der Waals surface area contributed by atoms with Gasteiger partial charge >= 0.3 is 6.18 Å². The van der Waals surface area contributed by atoms with E-state index in [-0.39, 0.29) is 18.1 Å². The molecule has 0 fully saturated rings. The zero-order chi connectivity index (χ0) is 22.2. The van der Waals surface area contributed by atoms with Crippen LogP contribution in [0.1, 0.15) is 60.1 Å². The fraction of sp³-hybridized carbons (Fsp3) is 0.579. The highest BCUT2D eigenvalue weighted by Gasteiger charge is 2.37. The van der Waals surface area contributed by atoms with E-state index < -0.39 is 12.0 Å². The molecule has 0 saturated heterocycles. The molecule has 0 unspecified atom stereocenters. The Morgan fingerprint density at radius 2 is 1.94 bits per heavy atom. The minimum absolute atomic E-state index is 0.108. The van der Waals surface area contributed by atoms with Crippen LogP contribution in [-0.2, 0) is 36.9 Å². The molecule has 0 aromatic carbocycles. The van der Waals surface area contributed by atoms with Gasteiger partial charge in [0.05, 0.1) is 6.54 Å². The van der Waals surface area contributed by atoms with Gasteiger partial charge < -0.3 is 9.88 Å². The fourth-order valence-corrected chi connectivity index (χ4v) is 3.87. The summed E-state index contributed by atoms with van der Waals surface area (Å²) in [6.07, 6.45) is 0.0578. The molecule has 0 bridgehead atoms. The number of nitrogens with zero attached hydrogens (tertiary/aromatic N) is 7. The number of aromatic nitrogens is 7. The molecular weight excluding hydrogens is 413 g/mol. The van der Waals surface area contributed by atoms with Gasteiger partial charge in [-0.2, -0.15) is 18.2 Å².